The Morgan fingerprint density at radius 2 is 1.12 bits per heavy atom. The van der Waals surface area contributed by atoms with Crippen molar-refractivity contribution >= 4 is 104 Å². The van der Waals surface area contributed by atoms with Crippen LogP contribution in [0.1, 0.15) is 10.4 Å². The van der Waals surface area contributed by atoms with Crippen molar-refractivity contribution in [3.8, 4) is 11.4 Å². The number of rotatable bonds is 21. The largest absolute Gasteiger partial charge is 0.478 e. The molecule has 0 aliphatic heterocycles. The number of hydrogen-bond donors (Lipinski definition) is 6. The molecule has 4 rings (SSSR count). The minimum absolute atomic E-state index is 0. The first-order valence-electron chi connectivity index (χ1n) is 17.4. The van der Waals surface area contributed by atoms with E-state index in [1.54, 1.807) is 11.9 Å². The van der Waals surface area contributed by atoms with E-state index in [9.17, 15) is 43.6 Å². The number of aromatic carboxylic acids is 1. The van der Waals surface area contributed by atoms with Gasteiger partial charge in [-0.25, -0.2) is 25.8 Å². The summed E-state index contributed by atoms with van der Waals surface area (Å²) >= 11 is 0.853. The molecule has 65 heavy (non-hydrogen) atoms. The number of nitrogens with zero attached hydrogens (tertiary/aromatic N) is 7. The van der Waals surface area contributed by atoms with E-state index in [0.717, 1.165) is 23.9 Å². The summed E-state index contributed by atoms with van der Waals surface area (Å²) < 4.78 is 119. The van der Waals surface area contributed by atoms with E-state index >= 15 is 0 Å². The molecule has 0 saturated carbocycles. The van der Waals surface area contributed by atoms with Gasteiger partial charge in [0.2, 0.25) is 0 Å². The molecular formula is C34H37N9O17S5. The van der Waals surface area contributed by atoms with E-state index < -0.39 is 87.1 Å². The fraction of sp³-hybridized carbons (Fsp3) is 0.206. The Labute approximate surface area is 375 Å². The van der Waals surface area contributed by atoms with Crippen LogP contribution >= 0.6 is 11.8 Å². The zero-order valence-electron chi connectivity index (χ0n) is 33.2. The number of hydrogen-bond acceptors (Lipinski definition) is 23. The van der Waals surface area contributed by atoms with Crippen molar-refractivity contribution in [3.05, 3.63) is 78.4 Å². The topological polar surface area (TPSA) is 423 Å². The first-order valence-corrected chi connectivity index (χ1v) is 24.2. The molecule has 0 saturated heterocycles. The number of azo groups is 3. The molecule has 4 aromatic carbocycles. The highest BCUT2D eigenvalue weighted by Gasteiger charge is 2.27. The van der Waals surface area contributed by atoms with Crippen LogP contribution in [0.5, 0.6) is 0 Å². The number of nitrogen functional groups attached to an aromatic ring is 2. The van der Waals surface area contributed by atoms with E-state index in [4.69, 9.17) is 25.7 Å². The van der Waals surface area contributed by atoms with Crippen LogP contribution in [0.2, 0.25) is 0 Å². The molecule has 0 fully saturated rings. The monoisotopic (exact) mass is 1000 g/mol. The van der Waals surface area contributed by atoms with Gasteiger partial charge in [0.05, 0.1) is 62.9 Å². The van der Waals surface area contributed by atoms with Crippen LogP contribution in [0.3, 0.4) is 0 Å². The van der Waals surface area contributed by atoms with Crippen molar-refractivity contribution in [2.45, 2.75) is 14.7 Å². The second-order valence-electron chi connectivity index (χ2n) is 12.4. The molecule has 0 spiro atoms. The van der Waals surface area contributed by atoms with Gasteiger partial charge < -0.3 is 32.1 Å². The maximum Gasteiger partial charge on any atom is 0.433 e. The lowest BCUT2D eigenvalue weighted by Crippen LogP contribution is -2.28. The molecule has 4 aromatic rings. The van der Waals surface area contributed by atoms with E-state index in [1.165, 1.54) is 60.7 Å². The van der Waals surface area contributed by atoms with Crippen LogP contribution in [0.15, 0.2) is 118 Å². The second-order valence-corrected chi connectivity index (χ2v) is 19.6. The molecule has 0 amide bonds. The smallest absolute Gasteiger partial charge is 0.433 e. The van der Waals surface area contributed by atoms with Crippen molar-refractivity contribution in [3.63, 3.8) is 0 Å². The molecule has 0 aliphatic carbocycles. The van der Waals surface area contributed by atoms with Gasteiger partial charge in [0.25, 0.3) is 0 Å². The summed E-state index contributed by atoms with van der Waals surface area (Å²) in [6.07, 6.45) is 1.88. The van der Waals surface area contributed by atoms with Crippen LogP contribution in [0.25, 0.3) is 0 Å². The quantitative estimate of drug-likeness (QED) is 0.0130. The van der Waals surface area contributed by atoms with Gasteiger partial charge in [-0.2, -0.15) is 32.2 Å². The third-order valence-corrected chi connectivity index (χ3v) is 12.7. The Hall–Kier alpha value is -6.02. The van der Waals surface area contributed by atoms with Gasteiger partial charge in [0.1, 0.15) is 22.6 Å². The SMILES string of the molecule is CN(CCO)CCS(=O)(=O)c1ccc(N=Nc2c(N)c(N=Nc3ccc(S(=O)(=O)CCOS(=O)(=O)O)cc3)c(N)c(N=Nc3ccc(SC#COOS(=O)(=O)O)cc3)c2C(=O)O)cc1.O. The van der Waals surface area contributed by atoms with E-state index in [2.05, 4.69) is 49.3 Å². The average Bonchev–Trinajstić information content (AvgIpc) is 3.21. The number of carbonyl (C=O) groups is 1. The first-order chi connectivity index (χ1) is 30.0. The summed E-state index contributed by atoms with van der Waals surface area (Å²) in [4.78, 5) is 18.7. The van der Waals surface area contributed by atoms with Crippen molar-refractivity contribution in [1.29, 1.82) is 0 Å². The van der Waals surface area contributed by atoms with Crippen LogP contribution in [-0.2, 0) is 53.9 Å². The number of likely N-dealkylation sites (N-methyl/N-ethyl adjacent to an activating group) is 1. The standard InChI is InChI=1S/C34H35N9O16S5.H2O/c1-43(14-16-44)15-20-61(47,48)26-10-4-23(5-11-26)38-41-32-28(34(45)46)31(40-37-22-2-8-25(9-3-22)60-19-17-57-59-64(54,55)56)29(35)33(30(32)36)42-39-24-6-12-27(13-7-24)62(49,50)21-18-58-63(51,52)53;/h2-13,44H,14-16,18,20-21,35-36H2,1H3,(H,45,46)(H,51,52,53)(H,54,55,56);1H2. The fourth-order valence-electron chi connectivity index (χ4n) is 4.81. The zero-order valence-corrected chi connectivity index (χ0v) is 37.3. The number of nitrogens with two attached hydrogens (primary N) is 2. The van der Waals surface area contributed by atoms with Gasteiger partial charge in [-0.05, 0) is 95.9 Å². The number of sulfone groups is 2. The van der Waals surface area contributed by atoms with E-state index in [1.807, 2.05) is 6.11 Å². The third-order valence-electron chi connectivity index (χ3n) is 7.91. The highest BCUT2D eigenvalue weighted by Crippen LogP contribution is 2.49. The molecule has 10 N–H and O–H groups in total. The van der Waals surface area contributed by atoms with Gasteiger partial charge in [0, 0.05) is 23.2 Å². The van der Waals surface area contributed by atoms with Gasteiger partial charge in [-0.15, -0.1) is 15.3 Å². The number of aliphatic hydroxyl groups excluding tert-OH is 1. The predicted molar refractivity (Wildman–Crippen MR) is 231 cm³/mol. The van der Waals surface area contributed by atoms with Gasteiger partial charge >= 0.3 is 26.8 Å². The van der Waals surface area contributed by atoms with E-state index in [0.29, 0.717) is 4.90 Å². The number of carboxylic acid groups (broad SMARTS) is 1. The van der Waals surface area contributed by atoms with Gasteiger partial charge in [0.15, 0.2) is 25.8 Å². The Kier molecular flexibility index (Phi) is 19.1. The van der Waals surface area contributed by atoms with Crippen LogP contribution in [-0.4, -0.2) is 114 Å². The summed E-state index contributed by atoms with van der Waals surface area (Å²) in [5.41, 5.74) is 10.0. The maximum atomic E-state index is 12.9. The van der Waals surface area contributed by atoms with Crippen LogP contribution in [0, 0.1) is 11.4 Å². The Balaban J connectivity index is 0.0000112. The first kappa shape index (κ1) is 53.3. The van der Waals surface area contributed by atoms with Crippen molar-refractivity contribution in [2.75, 3.05) is 56.3 Å². The molecule has 0 unspecified atom stereocenters. The summed E-state index contributed by atoms with van der Waals surface area (Å²) in [7, 11) is -15.9. The number of aliphatic hydroxyl groups is 1. The molecule has 26 nitrogen and oxygen atoms in total. The number of carboxylic acids is 1. The number of benzene rings is 4. The molecule has 0 aliphatic rings. The van der Waals surface area contributed by atoms with Crippen LogP contribution < -0.4 is 11.5 Å². The third kappa shape index (κ3) is 16.5. The molecular weight excluding hydrogens is 967 g/mol. The molecule has 0 aromatic heterocycles. The normalized spacial score (nSPS) is 12.4. The van der Waals surface area contributed by atoms with Gasteiger partial charge in [-0.1, -0.05) is 0 Å². The molecule has 31 heteroatoms. The summed E-state index contributed by atoms with van der Waals surface area (Å²) in [6.45, 7) is -0.580. The van der Waals surface area contributed by atoms with E-state index in [-0.39, 0.29) is 63.5 Å². The lowest BCUT2D eigenvalue weighted by molar-refractivity contribution is -0.135. The summed E-state index contributed by atoms with van der Waals surface area (Å²) in [5, 5.41) is 46.2. The Morgan fingerprint density at radius 1 is 0.677 bits per heavy atom. The number of anilines is 2. The van der Waals surface area contributed by atoms with Crippen LogP contribution in [0.4, 0.5) is 45.5 Å². The van der Waals surface area contributed by atoms with Gasteiger partial charge in [-0.3, -0.25) is 14.0 Å². The van der Waals surface area contributed by atoms with Crippen molar-refractivity contribution < 1.29 is 76.7 Å². The van der Waals surface area contributed by atoms with Crippen molar-refractivity contribution in [2.24, 2.45) is 30.7 Å². The number of thioether (sulfide) groups is 1. The van der Waals surface area contributed by atoms with Crippen molar-refractivity contribution in [1.82, 2.24) is 4.90 Å². The molecule has 0 bridgehead atoms. The second kappa shape index (κ2) is 23.3. The minimum atomic E-state index is -4.88. The summed E-state index contributed by atoms with van der Waals surface area (Å²) in [6, 6.07) is 15.7. The molecule has 350 valence electrons. The zero-order chi connectivity index (χ0) is 47.3. The average molecular weight is 1000 g/mol. The molecule has 0 atom stereocenters. The molecule has 0 heterocycles. The Bertz CT molecular complexity index is 2950. The fourth-order valence-corrected chi connectivity index (χ4v) is 8.23. The maximum absolute atomic E-state index is 12.9. The highest BCUT2D eigenvalue weighted by atomic mass is 32.3. The lowest BCUT2D eigenvalue weighted by atomic mass is 10.1. The predicted octanol–water partition coefficient (Wildman–Crippen LogP) is 4.02. The summed E-state index contributed by atoms with van der Waals surface area (Å²) in [5.74, 6) is -2.68. The highest BCUT2D eigenvalue weighted by molar-refractivity contribution is 8.04. The minimum Gasteiger partial charge on any atom is -0.478 e. The molecule has 0 radical (unpaired) electrons. The Morgan fingerprint density at radius 3 is 1.55 bits per heavy atom. The lowest BCUT2D eigenvalue weighted by Gasteiger charge is -2.14.